The predicted molar refractivity (Wildman–Crippen MR) is 121 cm³/mol. The van der Waals surface area contributed by atoms with Gasteiger partial charge in [0.25, 0.3) is 0 Å². The topological polar surface area (TPSA) is 67.9 Å². The Kier molecular flexibility index (Phi) is 6.28. The van der Waals surface area contributed by atoms with E-state index in [9.17, 15) is 9.59 Å². The minimum atomic E-state index is -0.544. The number of nitrogens with zero attached hydrogens (tertiary/aromatic N) is 1. The first-order valence-corrected chi connectivity index (χ1v) is 11.0. The van der Waals surface area contributed by atoms with Gasteiger partial charge in [0.05, 0.1) is 42.7 Å². The van der Waals surface area contributed by atoms with Gasteiger partial charge in [0, 0.05) is 13.1 Å². The zero-order valence-corrected chi connectivity index (χ0v) is 18.3. The number of hydrogen-bond donors (Lipinski definition) is 1. The van der Waals surface area contributed by atoms with Crippen molar-refractivity contribution in [1.29, 1.82) is 0 Å². The summed E-state index contributed by atoms with van der Waals surface area (Å²) in [5.74, 6) is -0.427. The SMILES string of the molecule is COC(=O)c1ccc(N2CCOCC2)c(NC(=O)C2(c3ccc(C)cc3)CCCC2)c1. The lowest BCUT2D eigenvalue weighted by Crippen LogP contribution is -2.40. The number of amides is 1. The summed E-state index contributed by atoms with van der Waals surface area (Å²) in [4.78, 5) is 28.1. The summed E-state index contributed by atoms with van der Waals surface area (Å²) in [6.07, 6.45) is 3.70. The molecule has 1 N–H and O–H groups in total. The van der Waals surface area contributed by atoms with Crippen molar-refractivity contribution in [2.75, 3.05) is 43.6 Å². The van der Waals surface area contributed by atoms with Crippen LogP contribution in [0.3, 0.4) is 0 Å². The van der Waals surface area contributed by atoms with Crippen LogP contribution in [0.1, 0.15) is 47.2 Å². The van der Waals surface area contributed by atoms with Gasteiger partial charge >= 0.3 is 5.97 Å². The van der Waals surface area contributed by atoms with E-state index in [1.807, 2.05) is 6.07 Å². The first kappa shape index (κ1) is 21.4. The van der Waals surface area contributed by atoms with Crippen LogP contribution in [0.25, 0.3) is 0 Å². The molecule has 2 aromatic rings. The highest BCUT2D eigenvalue weighted by Crippen LogP contribution is 2.43. The van der Waals surface area contributed by atoms with E-state index in [4.69, 9.17) is 9.47 Å². The molecule has 31 heavy (non-hydrogen) atoms. The highest BCUT2D eigenvalue weighted by atomic mass is 16.5. The second-order valence-electron chi connectivity index (χ2n) is 8.43. The molecule has 164 valence electrons. The van der Waals surface area contributed by atoms with Crippen LogP contribution in [-0.2, 0) is 19.7 Å². The maximum Gasteiger partial charge on any atom is 0.337 e. The molecular weight excluding hydrogens is 392 g/mol. The van der Waals surface area contributed by atoms with E-state index >= 15 is 0 Å². The Hall–Kier alpha value is -2.86. The minimum Gasteiger partial charge on any atom is -0.465 e. The summed E-state index contributed by atoms with van der Waals surface area (Å²) < 4.78 is 10.4. The van der Waals surface area contributed by atoms with Crippen LogP contribution in [0.5, 0.6) is 0 Å². The number of rotatable bonds is 5. The predicted octanol–water partition coefficient (Wildman–Crippen LogP) is 4.07. The van der Waals surface area contributed by atoms with Gasteiger partial charge in [0.2, 0.25) is 5.91 Å². The molecule has 0 bridgehead atoms. The molecule has 2 aliphatic rings. The van der Waals surface area contributed by atoms with Crippen LogP contribution in [0.2, 0.25) is 0 Å². The van der Waals surface area contributed by atoms with E-state index in [0.29, 0.717) is 24.5 Å². The zero-order valence-electron chi connectivity index (χ0n) is 18.3. The molecule has 1 aliphatic carbocycles. The van der Waals surface area contributed by atoms with Crippen molar-refractivity contribution in [3.8, 4) is 0 Å². The van der Waals surface area contributed by atoms with Crippen LogP contribution in [0.4, 0.5) is 11.4 Å². The third-order valence-electron chi connectivity index (χ3n) is 6.51. The van der Waals surface area contributed by atoms with Gasteiger partial charge in [-0.1, -0.05) is 42.7 Å². The van der Waals surface area contributed by atoms with Crippen LogP contribution in [0, 0.1) is 6.92 Å². The van der Waals surface area contributed by atoms with Crippen molar-refractivity contribution in [3.05, 3.63) is 59.2 Å². The van der Waals surface area contributed by atoms with Crippen LogP contribution in [0.15, 0.2) is 42.5 Å². The fraction of sp³-hybridized carbons (Fsp3) is 0.440. The summed E-state index contributed by atoms with van der Waals surface area (Å²) in [6, 6.07) is 13.7. The molecule has 2 aromatic carbocycles. The molecule has 6 heteroatoms. The van der Waals surface area contributed by atoms with Crippen molar-refractivity contribution in [1.82, 2.24) is 0 Å². The number of carbonyl (C=O) groups excluding carboxylic acids is 2. The molecule has 1 amide bonds. The Balaban J connectivity index is 1.69. The molecule has 1 saturated heterocycles. The molecule has 0 unspecified atom stereocenters. The lowest BCUT2D eigenvalue weighted by atomic mass is 9.77. The van der Waals surface area contributed by atoms with Gasteiger partial charge in [0.1, 0.15) is 0 Å². The normalized spacial score (nSPS) is 17.9. The zero-order chi connectivity index (χ0) is 21.8. The summed E-state index contributed by atoms with van der Waals surface area (Å²) >= 11 is 0. The lowest BCUT2D eigenvalue weighted by molar-refractivity contribution is -0.121. The van der Waals surface area contributed by atoms with Crippen molar-refractivity contribution >= 4 is 23.3 Å². The Labute approximate surface area is 183 Å². The Morgan fingerprint density at radius 3 is 2.35 bits per heavy atom. The molecule has 1 aliphatic heterocycles. The van der Waals surface area contributed by atoms with E-state index in [-0.39, 0.29) is 5.91 Å². The molecule has 1 saturated carbocycles. The quantitative estimate of drug-likeness (QED) is 0.736. The van der Waals surface area contributed by atoms with Gasteiger partial charge < -0.3 is 19.7 Å². The summed E-state index contributed by atoms with van der Waals surface area (Å²) in [5.41, 5.74) is 3.67. The van der Waals surface area contributed by atoms with Gasteiger partial charge in [-0.25, -0.2) is 4.79 Å². The summed E-state index contributed by atoms with van der Waals surface area (Å²) in [5, 5.41) is 3.19. The number of esters is 1. The highest BCUT2D eigenvalue weighted by Gasteiger charge is 2.43. The molecular formula is C25H30N2O4. The average molecular weight is 423 g/mol. The average Bonchev–Trinajstić information content (AvgIpc) is 3.31. The van der Waals surface area contributed by atoms with E-state index in [2.05, 4.69) is 41.4 Å². The highest BCUT2D eigenvalue weighted by molar-refractivity contribution is 6.03. The van der Waals surface area contributed by atoms with Crippen molar-refractivity contribution in [2.45, 2.75) is 38.0 Å². The summed E-state index contributed by atoms with van der Waals surface area (Å²) in [7, 11) is 1.36. The van der Waals surface area contributed by atoms with Crippen LogP contribution >= 0.6 is 0 Å². The van der Waals surface area contributed by atoms with Gasteiger partial charge in [-0.05, 0) is 43.5 Å². The van der Waals surface area contributed by atoms with Gasteiger partial charge in [0.15, 0.2) is 0 Å². The van der Waals surface area contributed by atoms with Crippen LogP contribution in [-0.4, -0.2) is 45.3 Å². The Bertz CT molecular complexity index is 942. The summed E-state index contributed by atoms with van der Waals surface area (Å²) in [6.45, 7) is 4.81. The second-order valence-corrected chi connectivity index (χ2v) is 8.43. The Morgan fingerprint density at radius 2 is 1.71 bits per heavy atom. The molecule has 2 fully saturated rings. The van der Waals surface area contributed by atoms with Gasteiger partial charge in [-0.2, -0.15) is 0 Å². The number of ether oxygens (including phenoxy) is 2. The number of methoxy groups -OCH3 is 1. The van der Waals surface area contributed by atoms with Crippen molar-refractivity contribution < 1.29 is 19.1 Å². The lowest BCUT2D eigenvalue weighted by Gasteiger charge is -2.33. The standard InChI is InChI=1S/C25H30N2O4/c1-18-5-8-20(9-6-18)25(11-3-4-12-25)24(29)26-21-17-19(23(28)30-2)7-10-22(21)27-13-15-31-16-14-27/h5-10,17H,3-4,11-16H2,1-2H3,(H,26,29). The van der Waals surface area contributed by atoms with E-state index < -0.39 is 11.4 Å². The smallest absolute Gasteiger partial charge is 0.337 e. The third kappa shape index (κ3) is 4.30. The fourth-order valence-electron chi connectivity index (χ4n) is 4.70. The van der Waals surface area contributed by atoms with Gasteiger partial charge in [-0.15, -0.1) is 0 Å². The monoisotopic (exact) mass is 422 g/mol. The molecule has 0 spiro atoms. The largest absolute Gasteiger partial charge is 0.465 e. The minimum absolute atomic E-state index is 0.00891. The fourth-order valence-corrected chi connectivity index (χ4v) is 4.70. The number of carbonyl (C=O) groups is 2. The Morgan fingerprint density at radius 1 is 1.03 bits per heavy atom. The maximum absolute atomic E-state index is 13.7. The maximum atomic E-state index is 13.7. The first-order valence-electron chi connectivity index (χ1n) is 11.0. The number of morpholine rings is 1. The first-order chi connectivity index (χ1) is 15.0. The molecule has 6 nitrogen and oxygen atoms in total. The molecule has 1 heterocycles. The van der Waals surface area contributed by atoms with E-state index in [0.717, 1.165) is 50.0 Å². The van der Waals surface area contributed by atoms with E-state index in [1.54, 1.807) is 12.1 Å². The number of anilines is 2. The number of benzene rings is 2. The molecule has 0 atom stereocenters. The number of aryl methyl sites for hydroxylation is 1. The van der Waals surface area contributed by atoms with Crippen molar-refractivity contribution in [2.24, 2.45) is 0 Å². The number of hydrogen-bond acceptors (Lipinski definition) is 5. The third-order valence-corrected chi connectivity index (χ3v) is 6.51. The number of nitrogens with one attached hydrogen (secondary N) is 1. The molecule has 0 radical (unpaired) electrons. The second kappa shape index (κ2) is 9.10. The molecule has 4 rings (SSSR count). The van der Waals surface area contributed by atoms with Gasteiger partial charge in [-0.3, -0.25) is 4.79 Å². The molecule has 0 aromatic heterocycles. The van der Waals surface area contributed by atoms with E-state index in [1.165, 1.54) is 12.7 Å². The van der Waals surface area contributed by atoms with Crippen molar-refractivity contribution in [3.63, 3.8) is 0 Å². The van der Waals surface area contributed by atoms with Crippen LogP contribution < -0.4 is 10.2 Å².